The van der Waals surface area contributed by atoms with E-state index in [1.807, 2.05) is 23.6 Å². The summed E-state index contributed by atoms with van der Waals surface area (Å²) in [6.07, 6.45) is 0. The highest BCUT2D eigenvalue weighted by Crippen LogP contribution is 2.23. The van der Waals surface area contributed by atoms with Crippen molar-refractivity contribution in [3.8, 4) is 0 Å². The molecule has 5 rings (SSSR count). The fraction of sp³-hybridized carbons (Fsp3) is 0.385. The van der Waals surface area contributed by atoms with Gasteiger partial charge >= 0.3 is 11.9 Å². The maximum absolute atomic E-state index is 14.2. The number of carbonyl (C=O) groups is 2. The van der Waals surface area contributed by atoms with Gasteiger partial charge in [0.25, 0.3) is 17.8 Å². The Kier molecular flexibility index (Phi) is 6.10. The summed E-state index contributed by atoms with van der Waals surface area (Å²) in [6.45, 7) is 6.00. The lowest BCUT2D eigenvalue weighted by atomic mass is 10.1. The van der Waals surface area contributed by atoms with Gasteiger partial charge in [0, 0.05) is 40.3 Å². The first-order chi connectivity index (χ1) is 16.8. The highest BCUT2D eigenvalue weighted by Gasteiger charge is 2.53. The first-order valence-electron chi connectivity index (χ1n) is 11.9. The molecular formula is C26H30FN6O2+. The number of rotatable bonds is 5. The van der Waals surface area contributed by atoms with Crippen molar-refractivity contribution < 1.29 is 18.6 Å². The number of benzene rings is 2. The van der Waals surface area contributed by atoms with Crippen LogP contribution in [0.5, 0.6) is 0 Å². The number of aryl methyl sites for hydroxylation is 1. The predicted molar refractivity (Wildman–Crippen MR) is 132 cm³/mol. The average molecular weight is 478 g/mol. The van der Waals surface area contributed by atoms with Gasteiger partial charge in [-0.25, -0.2) is 13.8 Å². The first kappa shape index (κ1) is 23.2. The average Bonchev–Trinajstić information content (AvgIpc) is 3.21. The molecule has 182 valence electrons. The number of carbonyl (C=O) groups excluding carboxylic acids is 2. The quantitative estimate of drug-likeness (QED) is 0.620. The topological polar surface area (TPSA) is 62.5 Å². The fourth-order valence-corrected chi connectivity index (χ4v) is 4.90. The van der Waals surface area contributed by atoms with Crippen molar-refractivity contribution in [1.29, 1.82) is 0 Å². The van der Waals surface area contributed by atoms with E-state index in [9.17, 15) is 14.0 Å². The summed E-state index contributed by atoms with van der Waals surface area (Å²) in [5.74, 6) is 0.776. The molecule has 3 heterocycles. The lowest BCUT2D eigenvalue weighted by Gasteiger charge is -2.35. The van der Waals surface area contributed by atoms with Crippen LogP contribution >= 0.6 is 0 Å². The molecule has 0 aliphatic carbocycles. The molecule has 3 aliphatic heterocycles. The number of urea groups is 1. The number of amides is 3. The maximum atomic E-state index is 14.2. The molecule has 0 saturated carbocycles. The smallest absolute Gasteiger partial charge is 0.333 e. The zero-order chi connectivity index (χ0) is 24.7. The lowest BCUT2D eigenvalue weighted by molar-refractivity contribution is -0.552. The molecule has 3 amide bonds. The van der Waals surface area contributed by atoms with Gasteiger partial charge in [0.1, 0.15) is 18.9 Å². The Labute approximate surface area is 204 Å². The Morgan fingerprint density at radius 2 is 1.66 bits per heavy atom. The summed E-state index contributed by atoms with van der Waals surface area (Å²) in [7, 11) is 3.18. The van der Waals surface area contributed by atoms with E-state index < -0.39 is 6.04 Å². The van der Waals surface area contributed by atoms with Crippen LogP contribution in [-0.4, -0.2) is 95.7 Å². The second-order valence-electron chi connectivity index (χ2n) is 9.36. The molecule has 9 heteroatoms. The second-order valence-corrected chi connectivity index (χ2v) is 9.36. The van der Waals surface area contributed by atoms with Gasteiger partial charge in [0.2, 0.25) is 0 Å². The molecular weight excluding hydrogens is 447 g/mol. The number of imide groups is 1. The molecule has 1 atom stereocenters. The van der Waals surface area contributed by atoms with E-state index in [4.69, 9.17) is 4.99 Å². The minimum absolute atomic E-state index is 0.207. The van der Waals surface area contributed by atoms with Crippen LogP contribution in [0.2, 0.25) is 0 Å². The summed E-state index contributed by atoms with van der Waals surface area (Å²) in [4.78, 5) is 37.5. The third kappa shape index (κ3) is 4.32. The first-order valence-corrected chi connectivity index (χ1v) is 11.9. The normalized spacial score (nSPS) is 21.1. The maximum Gasteiger partial charge on any atom is 0.333 e. The highest BCUT2D eigenvalue weighted by atomic mass is 19.1. The molecule has 2 aromatic carbocycles. The van der Waals surface area contributed by atoms with Crippen LogP contribution in [0, 0.1) is 12.7 Å². The van der Waals surface area contributed by atoms with Crippen LogP contribution in [-0.2, 0) is 11.3 Å². The van der Waals surface area contributed by atoms with Crippen LogP contribution in [0.1, 0.15) is 11.1 Å². The Morgan fingerprint density at radius 3 is 2.34 bits per heavy atom. The van der Waals surface area contributed by atoms with Gasteiger partial charge in [0.15, 0.2) is 0 Å². The number of hydrogen-bond acceptors (Lipinski definition) is 5. The molecule has 0 bridgehead atoms. The standard InChI is InChI=1S/C26H30FN6O2/c1-18-8-10-19(11-9-18)16-33-22(28-24-23(33)25(34)30(3)26(35)29(24)2)17-31-12-14-32(15-13-31)21-7-5-4-6-20(21)27/h4-11,23H,12-17H2,1-3H3/q+1. The van der Waals surface area contributed by atoms with Crippen LogP contribution < -0.4 is 4.90 Å². The van der Waals surface area contributed by atoms with Crippen molar-refractivity contribution in [2.45, 2.75) is 19.5 Å². The molecule has 0 spiro atoms. The van der Waals surface area contributed by atoms with E-state index in [-0.39, 0.29) is 17.8 Å². The second kappa shape index (κ2) is 9.22. The third-order valence-corrected chi connectivity index (χ3v) is 7.02. The van der Waals surface area contributed by atoms with Gasteiger partial charge in [-0.2, -0.15) is 0 Å². The number of fused-ring (bicyclic) bond motifs is 1. The minimum Gasteiger partial charge on any atom is -0.367 e. The number of aliphatic imine (C=N–C) groups is 1. The predicted octanol–water partition coefficient (Wildman–Crippen LogP) is 2.17. The molecule has 8 nitrogen and oxygen atoms in total. The zero-order valence-electron chi connectivity index (χ0n) is 20.3. The van der Waals surface area contributed by atoms with E-state index >= 15 is 0 Å². The molecule has 1 unspecified atom stereocenters. The van der Waals surface area contributed by atoms with Crippen molar-refractivity contribution in [1.82, 2.24) is 14.7 Å². The summed E-state index contributed by atoms with van der Waals surface area (Å²) >= 11 is 0. The monoisotopic (exact) mass is 477 g/mol. The van der Waals surface area contributed by atoms with Crippen molar-refractivity contribution in [3.05, 3.63) is 65.5 Å². The van der Waals surface area contributed by atoms with E-state index in [1.54, 1.807) is 13.1 Å². The molecule has 2 aromatic rings. The molecule has 2 fully saturated rings. The van der Waals surface area contributed by atoms with Gasteiger partial charge in [-0.1, -0.05) is 42.0 Å². The Hall–Kier alpha value is -3.59. The zero-order valence-corrected chi connectivity index (χ0v) is 20.3. The van der Waals surface area contributed by atoms with E-state index in [1.165, 1.54) is 28.5 Å². The number of nitrogens with zero attached hydrogens (tertiary/aromatic N) is 6. The summed E-state index contributed by atoms with van der Waals surface area (Å²) < 4.78 is 16.3. The number of piperazine rings is 1. The Morgan fingerprint density at radius 1 is 0.971 bits per heavy atom. The Bertz CT molecular complexity index is 1220. The fourth-order valence-electron chi connectivity index (χ4n) is 4.90. The molecule has 35 heavy (non-hydrogen) atoms. The van der Waals surface area contributed by atoms with E-state index in [0.717, 1.165) is 24.5 Å². The lowest BCUT2D eigenvalue weighted by Crippen LogP contribution is -2.61. The highest BCUT2D eigenvalue weighted by molar-refractivity contribution is 6.23. The Balaban J connectivity index is 1.39. The number of anilines is 1. The summed E-state index contributed by atoms with van der Waals surface area (Å²) in [6, 6.07) is 14.1. The third-order valence-electron chi connectivity index (χ3n) is 7.02. The number of likely N-dealkylation sites (N-methyl/N-ethyl adjacent to an activating group) is 2. The van der Waals surface area contributed by atoms with Gasteiger partial charge in [-0.15, -0.1) is 0 Å². The van der Waals surface area contributed by atoms with Crippen molar-refractivity contribution in [2.24, 2.45) is 4.99 Å². The van der Waals surface area contributed by atoms with Crippen LogP contribution in [0.4, 0.5) is 14.9 Å². The molecule has 0 aromatic heterocycles. The number of para-hydroxylation sites is 1. The van der Waals surface area contributed by atoms with Gasteiger partial charge in [0.05, 0.1) is 5.69 Å². The van der Waals surface area contributed by atoms with Crippen LogP contribution in [0.25, 0.3) is 0 Å². The molecule has 0 radical (unpaired) electrons. The number of halogens is 1. The van der Waals surface area contributed by atoms with Crippen molar-refractivity contribution in [2.75, 3.05) is 51.7 Å². The van der Waals surface area contributed by atoms with Gasteiger partial charge in [-0.05, 0) is 29.6 Å². The number of amidine groups is 2. The van der Waals surface area contributed by atoms with Crippen molar-refractivity contribution in [3.63, 3.8) is 0 Å². The van der Waals surface area contributed by atoms with Crippen LogP contribution in [0.15, 0.2) is 53.5 Å². The SMILES string of the molecule is Cc1ccc(C[N+]2=C(CN3CCN(c4ccccc4F)CC3)N=C3C2C(=O)N(C)C(=O)N3C)cc1. The van der Waals surface area contributed by atoms with Gasteiger partial charge < -0.3 is 4.90 Å². The molecule has 3 aliphatic rings. The van der Waals surface area contributed by atoms with E-state index in [0.29, 0.717) is 37.7 Å². The van der Waals surface area contributed by atoms with Gasteiger partial charge in [-0.3, -0.25) is 19.5 Å². The van der Waals surface area contributed by atoms with Crippen LogP contribution in [0.3, 0.4) is 0 Å². The minimum atomic E-state index is -0.626. The largest absolute Gasteiger partial charge is 0.367 e. The summed E-state index contributed by atoms with van der Waals surface area (Å²) in [5.41, 5.74) is 2.87. The van der Waals surface area contributed by atoms with Crippen molar-refractivity contribution >= 4 is 29.3 Å². The molecule has 0 N–H and O–H groups in total. The number of hydrogen-bond donors (Lipinski definition) is 0. The summed E-state index contributed by atoms with van der Waals surface area (Å²) in [5, 5.41) is 0. The van der Waals surface area contributed by atoms with E-state index in [2.05, 4.69) is 34.1 Å². The molecule has 2 saturated heterocycles.